The second-order valence-electron chi connectivity index (χ2n) is 3.26. The molecule has 0 bridgehead atoms. The summed E-state index contributed by atoms with van der Waals surface area (Å²) in [6.07, 6.45) is 5.60. The lowest BCUT2D eigenvalue weighted by molar-refractivity contribution is 0.807. The molecule has 1 unspecified atom stereocenters. The molecule has 0 aromatic rings. The van der Waals surface area contributed by atoms with Gasteiger partial charge in [0.05, 0.1) is 0 Å². The minimum Gasteiger partial charge on any atom is -0.0952 e. The fourth-order valence-corrected chi connectivity index (χ4v) is 1.32. The van der Waals surface area contributed by atoms with Crippen LogP contribution in [0.15, 0.2) is 35.5 Å². The molecule has 0 heteroatoms. The van der Waals surface area contributed by atoms with Crippen molar-refractivity contribution in [3.8, 4) is 0 Å². The van der Waals surface area contributed by atoms with Gasteiger partial charge in [-0.15, -0.1) is 0 Å². The molecule has 0 nitrogen and oxygen atoms in total. The van der Waals surface area contributed by atoms with Gasteiger partial charge in [0, 0.05) is 5.92 Å². The molecule has 0 saturated heterocycles. The Morgan fingerprint density at radius 3 is 2.55 bits per heavy atom. The zero-order valence-corrected chi connectivity index (χ0v) is 7.65. The predicted molar refractivity (Wildman–Crippen MR) is 50.4 cm³/mol. The molecule has 0 aromatic carbocycles. The van der Waals surface area contributed by atoms with Crippen LogP contribution in [0.25, 0.3) is 0 Å². The molecule has 0 heterocycles. The second kappa shape index (κ2) is 3.08. The standard InChI is InChI=1S/C11H16/c1-5-11-6-8(2)10(4)9(3)7-11/h6-7,10H,2,5H2,1,3-4H3. The first-order valence-electron chi connectivity index (χ1n) is 4.22. The lowest BCUT2D eigenvalue weighted by atomic mass is 9.87. The van der Waals surface area contributed by atoms with Crippen molar-refractivity contribution in [2.75, 3.05) is 0 Å². The highest BCUT2D eigenvalue weighted by Crippen LogP contribution is 2.27. The van der Waals surface area contributed by atoms with Gasteiger partial charge in [-0.1, -0.05) is 38.2 Å². The number of allylic oxidation sites excluding steroid dienone is 5. The zero-order chi connectivity index (χ0) is 8.43. The highest BCUT2D eigenvalue weighted by Gasteiger charge is 2.11. The molecule has 1 atom stereocenters. The van der Waals surface area contributed by atoms with Crippen molar-refractivity contribution in [3.63, 3.8) is 0 Å². The quantitative estimate of drug-likeness (QED) is 0.534. The summed E-state index contributed by atoms with van der Waals surface area (Å²) in [5.74, 6) is 0.547. The number of rotatable bonds is 1. The maximum atomic E-state index is 4.03. The van der Waals surface area contributed by atoms with Crippen LogP contribution in [-0.2, 0) is 0 Å². The first-order chi connectivity index (χ1) is 5.15. The third-order valence-electron chi connectivity index (χ3n) is 2.43. The molecule has 0 aliphatic heterocycles. The van der Waals surface area contributed by atoms with Crippen LogP contribution in [0.5, 0.6) is 0 Å². The van der Waals surface area contributed by atoms with E-state index < -0.39 is 0 Å². The van der Waals surface area contributed by atoms with E-state index in [9.17, 15) is 0 Å². The molecule has 60 valence electrons. The molecule has 0 fully saturated rings. The maximum Gasteiger partial charge on any atom is 0.00145 e. The molecule has 0 saturated carbocycles. The van der Waals surface area contributed by atoms with Crippen LogP contribution in [0.4, 0.5) is 0 Å². The smallest absolute Gasteiger partial charge is 0.00145 e. The average Bonchev–Trinajstić information content (AvgIpc) is 1.99. The third kappa shape index (κ3) is 1.62. The lowest BCUT2D eigenvalue weighted by Gasteiger charge is -2.19. The van der Waals surface area contributed by atoms with Gasteiger partial charge in [-0.3, -0.25) is 0 Å². The Balaban J connectivity index is 2.91. The average molecular weight is 148 g/mol. The van der Waals surface area contributed by atoms with Crippen molar-refractivity contribution in [1.82, 2.24) is 0 Å². The lowest BCUT2D eigenvalue weighted by Crippen LogP contribution is -2.03. The van der Waals surface area contributed by atoms with Crippen LogP contribution in [0.2, 0.25) is 0 Å². The summed E-state index contributed by atoms with van der Waals surface area (Å²) in [6, 6.07) is 0. The summed E-state index contributed by atoms with van der Waals surface area (Å²) in [7, 11) is 0. The Bertz CT molecular complexity index is 228. The molecule has 11 heavy (non-hydrogen) atoms. The highest BCUT2D eigenvalue weighted by molar-refractivity contribution is 5.40. The summed E-state index contributed by atoms with van der Waals surface area (Å²) >= 11 is 0. The van der Waals surface area contributed by atoms with Crippen molar-refractivity contribution in [2.24, 2.45) is 5.92 Å². The molecule has 0 amide bonds. The molecule has 0 N–H and O–H groups in total. The summed E-state index contributed by atoms with van der Waals surface area (Å²) < 4.78 is 0. The molecule has 1 rings (SSSR count). The van der Waals surface area contributed by atoms with Gasteiger partial charge < -0.3 is 0 Å². The van der Waals surface area contributed by atoms with Gasteiger partial charge in [0.2, 0.25) is 0 Å². The van der Waals surface area contributed by atoms with E-state index in [1.165, 1.54) is 16.7 Å². The van der Waals surface area contributed by atoms with E-state index >= 15 is 0 Å². The summed E-state index contributed by atoms with van der Waals surface area (Å²) in [5.41, 5.74) is 4.10. The topological polar surface area (TPSA) is 0 Å². The van der Waals surface area contributed by atoms with Crippen LogP contribution in [-0.4, -0.2) is 0 Å². The molecular formula is C11H16. The van der Waals surface area contributed by atoms with Crippen LogP contribution in [0, 0.1) is 5.92 Å². The van der Waals surface area contributed by atoms with Gasteiger partial charge in [-0.25, -0.2) is 0 Å². The summed E-state index contributed by atoms with van der Waals surface area (Å²) in [5, 5.41) is 0. The molecule has 0 radical (unpaired) electrons. The van der Waals surface area contributed by atoms with Crippen LogP contribution in [0.3, 0.4) is 0 Å². The second-order valence-corrected chi connectivity index (χ2v) is 3.26. The summed E-state index contributed by atoms with van der Waals surface area (Å²) in [4.78, 5) is 0. The van der Waals surface area contributed by atoms with E-state index in [-0.39, 0.29) is 0 Å². The van der Waals surface area contributed by atoms with Gasteiger partial charge in [-0.2, -0.15) is 0 Å². The van der Waals surface area contributed by atoms with Crippen LogP contribution < -0.4 is 0 Å². The van der Waals surface area contributed by atoms with E-state index in [1.54, 1.807) is 0 Å². The largest absolute Gasteiger partial charge is 0.0952 e. The fraction of sp³-hybridized carbons (Fsp3) is 0.455. The van der Waals surface area contributed by atoms with E-state index in [2.05, 4.69) is 39.5 Å². The van der Waals surface area contributed by atoms with Crippen molar-refractivity contribution >= 4 is 0 Å². The monoisotopic (exact) mass is 148 g/mol. The first kappa shape index (κ1) is 8.32. The third-order valence-corrected chi connectivity index (χ3v) is 2.43. The van der Waals surface area contributed by atoms with Gasteiger partial charge in [-0.05, 0) is 24.5 Å². The molecular weight excluding hydrogens is 132 g/mol. The SMILES string of the molecule is C=C1C=C(CC)C=C(C)C1C. The van der Waals surface area contributed by atoms with Gasteiger partial charge in [0.25, 0.3) is 0 Å². The van der Waals surface area contributed by atoms with E-state index in [1.807, 2.05) is 0 Å². The Morgan fingerprint density at radius 2 is 2.09 bits per heavy atom. The highest BCUT2D eigenvalue weighted by atomic mass is 14.2. The van der Waals surface area contributed by atoms with Crippen molar-refractivity contribution in [2.45, 2.75) is 27.2 Å². The normalized spacial score (nSPS) is 24.6. The molecule has 1 aliphatic rings. The first-order valence-corrected chi connectivity index (χ1v) is 4.22. The van der Waals surface area contributed by atoms with E-state index in [0.717, 1.165) is 6.42 Å². The van der Waals surface area contributed by atoms with Gasteiger partial charge >= 0.3 is 0 Å². The van der Waals surface area contributed by atoms with Crippen molar-refractivity contribution in [1.29, 1.82) is 0 Å². The van der Waals surface area contributed by atoms with E-state index in [4.69, 9.17) is 0 Å². The Labute approximate surface area is 69.3 Å². The van der Waals surface area contributed by atoms with Gasteiger partial charge in [0.15, 0.2) is 0 Å². The van der Waals surface area contributed by atoms with Crippen molar-refractivity contribution in [3.05, 3.63) is 35.5 Å². The van der Waals surface area contributed by atoms with Crippen LogP contribution in [0.1, 0.15) is 27.2 Å². The van der Waals surface area contributed by atoms with Crippen molar-refractivity contribution < 1.29 is 0 Å². The Morgan fingerprint density at radius 1 is 1.45 bits per heavy atom. The zero-order valence-electron chi connectivity index (χ0n) is 7.65. The van der Waals surface area contributed by atoms with Crippen LogP contribution >= 0.6 is 0 Å². The number of hydrogen-bond donors (Lipinski definition) is 0. The van der Waals surface area contributed by atoms with Gasteiger partial charge in [0.1, 0.15) is 0 Å². The maximum absolute atomic E-state index is 4.03. The fourth-order valence-electron chi connectivity index (χ4n) is 1.32. The summed E-state index contributed by atoms with van der Waals surface area (Å²) in [6.45, 7) is 10.6. The Hall–Kier alpha value is -0.780. The van der Waals surface area contributed by atoms with E-state index in [0.29, 0.717) is 5.92 Å². The molecule has 0 aromatic heterocycles. The molecule has 0 spiro atoms. The Kier molecular flexibility index (Phi) is 2.33. The predicted octanol–water partition coefficient (Wildman–Crippen LogP) is 3.48. The number of hydrogen-bond acceptors (Lipinski definition) is 0. The minimum atomic E-state index is 0.547. The minimum absolute atomic E-state index is 0.547. The molecule has 1 aliphatic carbocycles.